The van der Waals surface area contributed by atoms with Gasteiger partial charge in [-0.15, -0.1) is 0 Å². The molecule has 0 radical (unpaired) electrons. The molecule has 2 rings (SSSR count). The largest absolute Gasteiger partial charge is 0.493 e. The summed E-state index contributed by atoms with van der Waals surface area (Å²) in [7, 11) is 3.12. The Labute approximate surface area is 142 Å². The number of ether oxygens (including phenoxy) is 2. The third-order valence-corrected chi connectivity index (χ3v) is 4.70. The van der Waals surface area contributed by atoms with E-state index in [1.165, 1.54) is 0 Å². The van der Waals surface area contributed by atoms with Gasteiger partial charge in [-0.25, -0.2) is 0 Å². The van der Waals surface area contributed by atoms with Crippen LogP contribution in [0, 0.1) is 0 Å². The minimum Gasteiger partial charge on any atom is -0.493 e. The zero-order valence-electron chi connectivity index (χ0n) is 11.5. The van der Waals surface area contributed by atoms with Gasteiger partial charge >= 0.3 is 0 Å². The Morgan fingerprint density at radius 1 is 1.00 bits per heavy atom. The summed E-state index contributed by atoms with van der Waals surface area (Å²) < 4.78 is 11.3. The lowest BCUT2D eigenvalue weighted by molar-refractivity contribution is 0.354. The Morgan fingerprint density at radius 2 is 1.62 bits per heavy atom. The smallest absolute Gasteiger partial charge is 0.162 e. The summed E-state index contributed by atoms with van der Waals surface area (Å²) in [5.41, 5.74) is 7.90. The van der Waals surface area contributed by atoms with Gasteiger partial charge in [0.2, 0.25) is 0 Å². The van der Waals surface area contributed by atoms with Crippen molar-refractivity contribution in [3.05, 3.63) is 56.0 Å². The highest BCUT2D eigenvalue weighted by molar-refractivity contribution is 9.10. The Kier molecular flexibility index (Phi) is 5.38. The van der Waals surface area contributed by atoms with Crippen molar-refractivity contribution in [2.24, 2.45) is 5.73 Å². The summed E-state index contributed by atoms with van der Waals surface area (Å²) >= 11 is 15.8. The van der Waals surface area contributed by atoms with E-state index in [9.17, 15) is 0 Å². The van der Waals surface area contributed by atoms with Gasteiger partial charge in [-0.3, -0.25) is 0 Å². The van der Waals surface area contributed by atoms with Crippen LogP contribution in [0.2, 0.25) is 10.0 Å². The van der Waals surface area contributed by atoms with Crippen LogP contribution in [-0.2, 0) is 0 Å². The molecule has 0 bridgehead atoms. The molecule has 0 saturated heterocycles. The van der Waals surface area contributed by atoms with E-state index < -0.39 is 6.04 Å². The lowest BCUT2D eigenvalue weighted by Gasteiger charge is -2.17. The highest BCUT2D eigenvalue weighted by Crippen LogP contribution is 2.37. The number of rotatable bonds is 4. The zero-order valence-corrected chi connectivity index (χ0v) is 14.6. The minimum atomic E-state index is -0.414. The molecule has 2 aromatic rings. The predicted molar refractivity (Wildman–Crippen MR) is 89.7 cm³/mol. The van der Waals surface area contributed by atoms with Crippen molar-refractivity contribution in [3.63, 3.8) is 0 Å². The molecule has 0 aliphatic carbocycles. The maximum atomic E-state index is 6.30. The van der Waals surface area contributed by atoms with E-state index in [1.807, 2.05) is 18.2 Å². The molecule has 6 heteroatoms. The zero-order chi connectivity index (χ0) is 15.6. The Morgan fingerprint density at radius 3 is 2.19 bits per heavy atom. The quantitative estimate of drug-likeness (QED) is 0.813. The molecule has 1 atom stereocenters. The van der Waals surface area contributed by atoms with Crippen LogP contribution in [0.5, 0.6) is 11.5 Å². The first-order chi connectivity index (χ1) is 9.97. The van der Waals surface area contributed by atoms with E-state index >= 15 is 0 Å². The van der Waals surface area contributed by atoms with Crippen LogP contribution in [0.3, 0.4) is 0 Å². The topological polar surface area (TPSA) is 44.5 Å². The van der Waals surface area contributed by atoms with E-state index in [0.29, 0.717) is 21.5 Å². The van der Waals surface area contributed by atoms with Crippen molar-refractivity contribution in [1.29, 1.82) is 0 Å². The van der Waals surface area contributed by atoms with Gasteiger partial charge in [-0.1, -0.05) is 29.3 Å². The fourth-order valence-electron chi connectivity index (χ4n) is 1.99. The molecule has 21 heavy (non-hydrogen) atoms. The summed E-state index contributed by atoms with van der Waals surface area (Å²) in [4.78, 5) is 0. The molecule has 0 heterocycles. The maximum Gasteiger partial charge on any atom is 0.162 e. The van der Waals surface area contributed by atoms with Crippen LogP contribution in [0.25, 0.3) is 0 Å². The fourth-order valence-corrected chi connectivity index (χ4v) is 2.70. The molecule has 0 amide bonds. The van der Waals surface area contributed by atoms with Crippen molar-refractivity contribution >= 4 is 39.1 Å². The van der Waals surface area contributed by atoms with Gasteiger partial charge < -0.3 is 15.2 Å². The normalized spacial score (nSPS) is 12.1. The van der Waals surface area contributed by atoms with E-state index in [1.54, 1.807) is 26.4 Å². The number of halogens is 3. The molecule has 2 N–H and O–H groups in total. The first-order valence-electron chi connectivity index (χ1n) is 6.10. The SMILES string of the molecule is COc1cc(Cl)c(C(N)c2ccc(Br)c(Cl)c2)cc1OC. The van der Waals surface area contributed by atoms with Gasteiger partial charge in [0, 0.05) is 15.6 Å². The number of hydrogen-bond acceptors (Lipinski definition) is 3. The van der Waals surface area contributed by atoms with Gasteiger partial charge in [0.05, 0.1) is 25.3 Å². The summed E-state index contributed by atoms with van der Waals surface area (Å²) in [5.74, 6) is 1.14. The average molecular weight is 391 g/mol. The second kappa shape index (κ2) is 6.88. The minimum absolute atomic E-state index is 0.414. The molecule has 2 aromatic carbocycles. The summed E-state index contributed by atoms with van der Waals surface area (Å²) in [6.07, 6.45) is 0. The first-order valence-corrected chi connectivity index (χ1v) is 7.64. The van der Waals surface area contributed by atoms with Crippen LogP contribution >= 0.6 is 39.1 Å². The van der Waals surface area contributed by atoms with Gasteiger partial charge in [0.1, 0.15) is 0 Å². The van der Waals surface area contributed by atoms with Gasteiger partial charge in [0.15, 0.2) is 11.5 Å². The number of hydrogen-bond donors (Lipinski definition) is 1. The maximum absolute atomic E-state index is 6.30. The molecule has 1 unspecified atom stereocenters. The molecule has 0 saturated carbocycles. The predicted octanol–water partition coefficient (Wildman–Crippen LogP) is 4.82. The first kappa shape index (κ1) is 16.4. The lowest BCUT2D eigenvalue weighted by Crippen LogP contribution is -2.13. The van der Waals surface area contributed by atoms with Gasteiger partial charge in [-0.2, -0.15) is 0 Å². The molecule has 0 aliphatic rings. The standard InChI is InChI=1S/C15H14BrCl2NO2/c1-20-13-6-9(11(17)7-14(13)21-2)15(19)8-3-4-10(16)12(18)5-8/h3-7,15H,19H2,1-2H3. The molecule has 0 fully saturated rings. The fraction of sp³-hybridized carbons (Fsp3) is 0.200. The van der Waals surface area contributed by atoms with Crippen molar-refractivity contribution in [3.8, 4) is 11.5 Å². The summed E-state index contributed by atoms with van der Waals surface area (Å²) in [6.45, 7) is 0. The van der Waals surface area contributed by atoms with Gasteiger partial charge in [-0.05, 0) is 45.3 Å². The van der Waals surface area contributed by atoms with Crippen LogP contribution in [0.1, 0.15) is 17.2 Å². The van der Waals surface area contributed by atoms with E-state index in [-0.39, 0.29) is 0 Å². The molecule has 3 nitrogen and oxygen atoms in total. The highest BCUT2D eigenvalue weighted by atomic mass is 79.9. The van der Waals surface area contributed by atoms with Crippen molar-refractivity contribution in [2.75, 3.05) is 14.2 Å². The second-order valence-corrected chi connectivity index (χ2v) is 6.05. The summed E-state index contributed by atoms with van der Waals surface area (Å²) in [6, 6.07) is 8.61. The van der Waals surface area contributed by atoms with Crippen molar-refractivity contribution < 1.29 is 9.47 Å². The number of methoxy groups -OCH3 is 2. The summed E-state index contributed by atoms with van der Waals surface area (Å²) in [5, 5.41) is 1.11. The molecule has 0 spiro atoms. The molecular weight excluding hydrogens is 377 g/mol. The van der Waals surface area contributed by atoms with Crippen LogP contribution in [0.4, 0.5) is 0 Å². The van der Waals surface area contributed by atoms with Crippen LogP contribution in [0.15, 0.2) is 34.8 Å². The average Bonchev–Trinajstić information content (AvgIpc) is 2.49. The van der Waals surface area contributed by atoms with Crippen molar-refractivity contribution in [2.45, 2.75) is 6.04 Å². The van der Waals surface area contributed by atoms with Crippen molar-refractivity contribution in [1.82, 2.24) is 0 Å². The Balaban J connectivity index is 2.47. The van der Waals surface area contributed by atoms with E-state index in [4.69, 9.17) is 38.4 Å². The number of benzene rings is 2. The lowest BCUT2D eigenvalue weighted by atomic mass is 9.99. The van der Waals surface area contributed by atoms with E-state index in [0.717, 1.165) is 15.6 Å². The third kappa shape index (κ3) is 3.46. The monoisotopic (exact) mass is 389 g/mol. The van der Waals surface area contributed by atoms with Crippen LogP contribution < -0.4 is 15.2 Å². The third-order valence-electron chi connectivity index (χ3n) is 3.14. The van der Waals surface area contributed by atoms with Gasteiger partial charge in [0.25, 0.3) is 0 Å². The Bertz CT molecular complexity index is 664. The highest BCUT2D eigenvalue weighted by Gasteiger charge is 2.17. The molecule has 0 aromatic heterocycles. The molecule has 0 aliphatic heterocycles. The van der Waals surface area contributed by atoms with E-state index in [2.05, 4.69) is 15.9 Å². The Hall–Kier alpha value is -0.940. The molecule has 112 valence electrons. The molecular formula is C15H14BrCl2NO2. The van der Waals surface area contributed by atoms with Crippen LogP contribution in [-0.4, -0.2) is 14.2 Å². The second-order valence-electron chi connectivity index (χ2n) is 4.38. The number of nitrogens with two attached hydrogens (primary N) is 1.